The van der Waals surface area contributed by atoms with Gasteiger partial charge >= 0.3 is 12.1 Å². The first kappa shape index (κ1) is 12.0. The second kappa shape index (κ2) is 5.16. The molecule has 1 aromatic carbocycles. The first-order chi connectivity index (χ1) is 7.57. The predicted molar refractivity (Wildman–Crippen MR) is 58.8 cm³/mol. The molecule has 0 saturated heterocycles. The van der Waals surface area contributed by atoms with Crippen molar-refractivity contribution in [3.63, 3.8) is 0 Å². The number of carbonyl (C=O) groups excluding carboxylic acids is 1. The van der Waals surface area contributed by atoms with Gasteiger partial charge in [-0.2, -0.15) is 0 Å². The van der Waals surface area contributed by atoms with Gasteiger partial charge in [-0.05, 0) is 19.1 Å². The number of hydrogen-bond donors (Lipinski definition) is 1. The van der Waals surface area contributed by atoms with Gasteiger partial charge in [0.25, 0.3) is 0 Å². The van der Waals surface area contributed by atoms with Crippen molar-refractivity contribution in [3.05, 3.63) is 29.8 Å². The Bertz CT molecular complexity index is 403. The van der Waals surface area contributed by atoms with Crippen molar-refractivity contribution in [1.82, 2.24) is 0 Å². The molecule has 0 unspecified atom stereocenters. The molecule has 0 atom stereocenters. The van der Waals surface area contributed by atoms with E-state index in [2.05, 4.69) is 0 Å². The van der Waals surface area contributed by atoms with Crippen molar-refractivity contribution in [2.75, 3.05) is 18.6 Å². The molecule has 16 heavy (non-hydrogen) atoms. The number of carboxylic acid groups (broad SMARTS) is 1. The van der Waals surface area contributed by atoms with Gasteiger partial charge in [-0.3, -0.25) is 4.90 Å². The maximum absolute atomic E-state index is 11.4. The van der Waals surface area contributed by atoms with Crippen molar-refractivity contribution in [2.24, 2.45) is 0 Å². The molecule has 0 aliphatic carbocycles. The van der Waals surface area contributed by atoms with E-state index in [-0.39, 0.29) is 12.2 Å². The third kappa shape index (κ3) is 2.50. The normalized spacial score (nSPS) is 9.62. The summed E-state index contributed by atoms with van der Waals surface area (Å²) in [6.45, 7) is 1.94. The molecule has 0 radical (unpaired) electrons. The molecule has 0 saturated carbocycles. The Morgan fingerprint density at radius 3 is 2.56 bits per heavy atom. The molecule has 1 amide bonds. The minimum absolute atomic E-state index is 0.0676. The summed E-state index contributed by atoms with van der Waals surface area (Å²) in [5, 5.41) is 8.95. The van der Waals surface area contributed by atoms with Crippen LogP contribution < -0.4 is 4.90 Å². The molecule has 1 rings (SSSR count). The van der Waals surface area contributed by atoms with E-state index in [1.165, 1.54) is 18.0 Å². The number of rotatable bonds is 3. The first-order valence-electron chi connectivity index (χ1n) is 4.80. The number of nitrogens with zero attached hydrogens (tertiary/aromatic N) is 1. The third-order valence-corrected chi connectivity index (χ3v) is 2.04. The fraction of sp³-hybridized carbons (Fsp3) is 0.273. The van der Waals surface area contributed by atoms with E-state index in [9.17, 15) is 9.59 Å². The highest BCUT2D eigenvalue weighted by atomic mass is 16.6. The SMILES string of the molecule is CCOC(=O)N(C)c1ccccc1C(=O)O. The van der Waals surface area contributed by atoms with E-state index in [0.717, 1.165) is 0 Å². The summed E-state index contributed by atoms with van der Waals surface area (Å²) < 4.78 is 4.79. The van der Waals surface area contributed by atoms with E-state index in [0.29, 0.717) is 5.69 Å². The monoisotopic (exact) mass is 223 g/mol. The molecule has 0 aliphatic heterocycles. The first-order valence-corrected chi connectivity index (χ1v) is 4.80. The molecule has 5 heteroatoms. The number of ether oxygens (including phenoxy) is 1. The molecule has 0 aliphatic rings. The van der Waals surface area contributed by atoms with Crippen LogP contribution in [0.2, 0.25) is 0 Å². The van der Waals surface area contributed by atoms with Gasteiger partial charge in [-0.1, -0.05) is 12.1 Å². The average molecular weight is 223 g/mol. The van der Waals surface area contributed by atoms with Crippen LogP contribution in [0.3, 0.4) is 0 Å². The Morgan fingerprint density at radius 1 is 1.38 bits per heavy atom. The minimum atomic E-state index is -1.08. The van der Waals surface area contributed by atoms with Gasteiger partial charge in [-0.25, -0.2) is 9.59 Å². The Balaban J connectivity index is 3.03. The maximum Gasteiger partial charge on any atom is 0.414 e. The van der Waals surface area contributed by atoms with Crippen molar-refractivity contribution in [1.29, 1.82) is 0 Å². The van der Waals surface area contributed by atoms with Gasteiger partial charge in [0, 0.05) is 7.05 Å². The molecule has 0 fully saturated rings. The van der Waals surface area contributed by atoms with Gasteiger partial charge in [0.1, 0.15) is 0 Å². The Kier molecular flexibility index (Phi) is 3.88. The van der Waals surface area contributed by atoms with Crippen LogP contribution in [0.1, 0.15) is 17.3 Å². The van der Waals surface area contributed by atoms with Crippen LogP contribution in [-0.4, -0.2) is 30.8 Å². The summed E-state index contributed by atoms with van der Waals surface area (Å²) in [6, 6.07) is 6.26. The molecule has 86 valence electrons. The van der Waals surface area contributed by atoms with E-state index in [1.807, 2.05) is 0 Å². The number of para-hydroxylation sites is 1. The smallest absolute Gasteiger partial charge is 0.414 e. The van der Waals surface area contributed by atoms with Crippen LogP contribution in [0.25, 0.3) is 0 Å². The molecule has 1 aromatic rings. The van der Waals surface area contributed by atoms with Crippen LogP contribution in [0.5, 0.6) is 0 Å². The fourth-order valence-corrected chi connectivity index (χ4v) is 1.27. The molecular weight excluding hydrogens is 210 g/mol. The minimum Gasteiger partial charge on any atom is -0.478 e. The lowest BCUT2D eigenvalue weighted by Gasteiger charge is -2.18. The summed E-state index contributed by atoms with van der Waals surface area (Å²) in [6.07, 6.45) is -0.573. The van der Waals surface area contributed by atoms with Gasteiger partial charge in [0.2, 0.25) is 0 Å². The van der Waals surface area contributed by atoms with Crippen LogP contribution in [0.4, 0.5) is 10.5 Å². The summed E-state index contributed by atoms with van der Waals surface area (Å²) >= 11 is 0. The average Bonchev–Trinajstić information content (AvgIpc) is 2.28. The van der Waals surface area contributed by atoms with E-state index < -0.39 is 12.1 Å². The third-order valence-electron chi connectivity index (χ3n) is 2.04. The summed E-state index contributed by atoms with van der Waals surface area (Å²) in [7, 11) is 1.47. The predicted octanol–water partition coefficient (Wildman–Crippen LogP) is 1.98. The quantitative estimate of drug-likeness (QED) is 0.850. The second-order valence-corrected chi connectivity index (χ2v) is 3.08. The van der Waals surface area contributed by atoms with Gasteiger partial charge in [0.15, 0.2) is 0 Å². The summed E-state index contributed by atoms with van der Waals surface area (Å²) in [5.41, 5.74) is 0.381. The summed E-state index contributed by atoms with van der Waals surface area (Å²) in [4.78, 5) is 23.5. The number of carboxylic acids is 1. The summed E-state index contributed by atoms with van der Waals surface area (Å²) in [5.74, 6) is -1.08. The highest BCUT2D eigenvalue weighted by Crippen LogP contribution is 2.19. The topological polar surface area (TPSA) is 66.8 Å². The number of aromatic carboxylic acids is 1. The van der Waals surface area contributed by atoms with Crippen LogP contribution in [0.15, 0.2) is 24.3 Å². The van der Waals surface area contributed by atoms with Gasteiger partial charge < -0.3 is 9.84 Å². The zero-order chi connectivity index (χ0) is 12.1. The molecule has 0 spiro atoms. The molecule has 0 heterocycles. The molecular formula is C11H13NO4. The fourth-order valence-electron chi connectivity index (χ4n) is 1.27. The van der Waals surface area contributed by atoms with Crippen LogP contribution in [0, 0.1) is 0 Å². The molecule has 1 N–H and O–H groups in total. The van der Waals surface area contributed by atoms with Gasteiger partial charge in [0.05, 0.1) is 17.9 Å². The number of amides is 1. The van der Waals surface area contributed by atoms with Crippen LogP contribution in [-0.2, 0) is 4.74 Å². The zero-order valence-electron chi connectivity index (χ0n) is 9.14. The Labute approximate surface area is 93.2 Å². The largest absolute Gasteiger partial charge is 0.478 e. The second-order valence-electron chi connectivity index (χ2n) is 3.08. The maximum atomic E-state index is 11.4. The van der Waals surface area contributed by atoms with Gasteiger partial charge in [-0.15, -0.1) is 0 Å². The van der Waals surface area contributed by atoms with Crippen molar-refractivity contribution in [3.8, 4) is 0 Å². The lowest BCUT2D eigenvalue weighted by atomic mass is 10.1. The highest BCUT2D eigenvalue weighted by Gasteiger charge is 2.18. The Hall–Kier alpha value is -2.04. The van der Waals surface area contributed by atoms with Crippen LogP contribution >= 0.6 is 0 Å². The zero-order valence-corrected chi connectivity index (χ0v) is 9.14. The number of benzene rings is 1. The van der Waals surface area contributed by atoms with Crippen molar-refractivity contribution >= 4 is 17.7 Å². The lowest BCUT2D eigenvalue weighted by Crippen LogP contribution is -2.28. The number of anilines is 1. The van der Waals surface area contributed by atoms with E-state index >= 15 is 0 Å². The van der Waals surface area contributed by atoms with Crippen molar-refractivity contribution < 1.29 is 19.4 Å². The number of carbonyl (C=O) groups is 2. The Morgan fingerprint density at radius 2 is 2.00 bits per heavy atom. The number of hydrogen-bond acceptors (Lipinski definition) is 3. The van der Waals surface area contributed by atoms with Crippen molar-refractivity contribution in [2.45, 2.75) is 6.92 Å². The molecule has 0 aromatic heterocycles. The molecule has 5 nitrogen and oxygen atoms in total. The standard InChI is InChI=1S/C11H13NO4/c1-3-16-11(15)12(2)9-7-5-4-6-8(9)10(13)14/h4-7H,3H2,1-2H3,(H,13,14). The van der Waals surface area contributed by atoms with E-state index in [1.54, 1.807) is 25.1 Å². The lowest BCUT2D eigenvalue weighted by molar-refractivity contribution is 0.0697. The molecule has 0 bridgehead atoms. The van der Waals surface area contributed by atoms with E-state index in [4.69, 9.17) is 9.84 Å². The highest BCUT2D eigenvalue weighted by molar-refractivity contribution is 5.99.